The van der Waals surface area contributed by atoms with Gasteiger partial charge in [0.05, 0.1) is 4.91 Å². The fraction of sp³-hybridized carbons (Fsp3) is 0.647. The zero-order valence-corrected chi connectivity index (χ0v) is 25.4. The average molecular weight is 527 g/mol. The molecule has 0 heterocycles. The molecule has 0 N–H and O–H groups in total. The largest absolute Gasteiger partial charge is 0.290 e. The summed E-state index contributed by atoms with van der Waals surface area (Å²) < 4.78 is 0. The van der Waals surface area contributed by atoms with E-state index in [0.29, 0.717) is 4.91 Å². The second-order valence-electron chi connectivity index (χ2n) is 10.8. The fourth-order valence-corrected chi connectivity index (χ4v) is 5.52. The van der Waals surface area contributed by atoms with Crippen molar-refractivity contribution in [2.45, 2.75) is 137 Å². The normalized spacial score (nSPS) is 12.9. The molecule has 0 saturated carbocycles. The number of allylic oxidation sites excluding steroid dienone is 4. The molecule has 0 unspecified atom stereocenters. The number of aryl methyl sites for hydroxylation is 4. The van der Waals surface area contributed by atoms with Gasteiger partial charge < -0.3 is 0 Å². The van der Waals surface area contributed by atoms with Gasteiger partial charge in [0, 0.05) is 6.08 Å². The summed E-state index contributed by atoms with van der Waals surface area (Å²) in [6, 6.07) is 4.48. The first-order chi connectivity index (χ1) is 17.8. The first-order valence-corrected chi connectivity index (χ1v) is 16.0. The van der Waals surface area contributed by atoms with Crippen molar-refractivity contribution in [2.24, 2.45) is 0 Å². The van der Waals surface area contributed by atoms with Gasteiger partial charge in [0.1, 0.15) is 0 Å². The van der Waals surface area contributed by atoms with Gasteiger partial charge in [0.2, 0.25) is 0 Å². The minimum atomic E-state index is -0.0657. The number of unbranched alkanes of at least 4 members (excludes halogenated alkanes) is 15. The number of thioether (sulfide) groups is 1. The monoisotopic (exact) mass is 526 g/mol. The van der Waals surface area contributed by atoms with Gasteiger partial charge >= 0.3 is 0 Å². The van der Waals surface area contributed by atoms with Crippen LogP contribution in [0.25, 0.3) is 0 Å². The minimum Gasteiger partial charge on any atom is -0.290 e. The molecule has 3 heteroatoms. The second kappa shape index (κ2) is 21.3. The minimum absolute atomic E-state index is 0.0175. The second-order valence-corrected chi connectivity index (χ2v) is 11.9. The predicted octanol–water partition coefficient (Wildman–Crippen LogP) is 10.5. The molecule has 0 aromatic heterocycles. The van der Waals surface area contributed by atoms with Crippen molar-refractivity contribution < 1.29 is 9.59 Å². The highest BCUT2D eigenvalue weighted by atomic mass is 32.2. The van der Waals surface area contributed by atoms with Crippen molar-refractivity contribution in [2.75, 3.05) is 5.75 Å². The Morgan fingerprint density at radius 1 is 0.541 bits per heavy atom. The van der Waals surface area contributed by atoms with Crippen LogP contribution in [0, 0.1) is 27.7 Å². The fourth-order valence-electron chi connectivity index (χ4n) is 4.54. The summed E-state index contributed by atoms with van der Waals surface area (Å²) in [4.78, 5) is 23.5. The number of ketones is 2. The van der Waals surface area contributed by atoms with Gasteiger partial charge in [-0.2, -0.15) is 0 Å². The van der Waals surface area contributed by atoms with Crippen LogP contribution in [-0.2, 0) is 9.59 Å². The van der Waals surface area contributed by atoms with Gasteiger partial charge in [-0.05, 0) is 74.3 Å². The maximum Gasteiger partial charge on any atom is 0.192 e. The van der Waals surface area contributed by atoms with E-state index in [9.17, 15) is 9.59 Å². The number of benzene rings is 1. The number of hydrogen-bond donors (Lipinski definition) is 0. The smallest absolute Gasteiger partial charge is 0.192 e. The third kappa shape index (κ3) is 16.8. The van der Waals surface area contributed by atoms with Crippen molar-refractivity contribution in [1.82, 2.24) is 0 Å². The lowest BCUT2D eigenvalue weighted by Crippen LogP contribution is -2.05. The standard InChI is InChI=1S/C24H40O2S.C10H14/c1-2-3-4-5-6-7-8-9-10-11-12-13-14-15-16-17-20-27-24-21-22(25)18-19-23(24)26;1-7-5-9(3)10(4)6-8(7)2/h18-19,21H,2-17,20H2,1H3;5-6H,1-4H3. The molecule has 0 atom stereocenters. The molecule has 1 aromatic rings. The molecule has 0 radical (unpaired) electrons. The zero-order valence-electron chi connectivity index (χ0n) is 24.6. The van der Waals surface area contributed by atoms with Gasteiger partial charge in [-0.1, -0.05) is 115 Å². The Morgan fingerprint density at radius 2 is 0.919 bits per heavy atom. The SMILES string of the molecule is CCCCCCCCCCCCCCCCCCSC1=CC(=O)C=CC1=O.Cc1cc(C)c(C)cc1C. The Kier molecular flexibility index (Phi) is 19.3. The van der Waals surface area contributed by atoms with E-state index in [0.717, 1.165) is 12.2 Å². The molecule has 0 saturated heterocycles. The Hall–Kier alpha value is -1.61. The molecule has 208 valence electrons. The maximum absolute atomic E-state index is 11.6. The predicted molar refractivity (Wildman–Crippen MR) is 165 cm³/mol. The summed E-state index contributed by atoms with van der Waals surface area (Å²) in [5, 5.41) is 0. The van der Waals surface area contributed by atoms with Gasteiger partial charge in [-0.3, -0.25) is 9.59 Å². The van der Waals surface area contributed by atoms with Crippen molar-refractivity contribution in [3.05, 3.63) is 57.5 Å². The van der Waals surface area contributed by atoms with E-state index in [4.69, 9.17) is 0 Å². The lowest BCUT2D eigenvalue weighted by atomic mass is 10.0. The van der Waals surface area contributed by atoms with Crippen molar-refractivity contribution in [3.63, 3.8) is 0 Å². The van der Waals surface area contributed by atoms with Crippen molar-refractivity contribution in [3.8, 4) is 0 Å². The number of carbonyl (C=O) groups excluding carboxylic acids is 2. The lowest BCUT2D eigenvalue weighted by Gasteiger charge is -2.06. The van der Waals surface area contributed by atoms with Crippen molar-refractivity contribution in [1.29, 1.82) is 0 Å². The summed E-state index contributed by atoms with van der Waals surface area (Å²) in [5.74, 6) is 0.858. The Balaban J connectivity index is 0.000000568. The highest BCUT2D eigenvalue weighted by Crippen LogP contribution is 2.22. The van der Waals surface area contributed by atoms with Crippen molar-refractivity contribution >= 4 is 23.3 Å². The van der Waals surface area contributed by atoms with Crippen LogP contribution < -0.4 is 0 Å². The number of rotatable bonds is 18. The third-order valence-corrected chi connectivity index (χ3v) is 8.40. The Morgan fingerprint density at radius 3 is 1.32 bits per heavy atom. The molecule has 1 aliphatic rings. The van der Waals surface area contributed by atoms with Crippen LogP contribution in [0.3, 0.4) is 0 Å². The molecule has 0 bridgehead atoms. The van der Waals surface area contributed by atoms with E-state index >= 15 is 0 Å². The number of carbonyl (C=O) groups is 2. The summed E-state index contributed by atoms with van der Waals surface area (Å²) in [6.07, 6.45) is 26.2. The van der Waals surface area contributed by atoms with Gasteiger partial charge in [0.15, 0.2) is 11.6 Å². The molecule has 37 heavy (non-hydrogen) atoms. The molecule has 0 fully saturated rings. The number of hydrogen-bond acceptors (Lipinski definition) is 3. The molecule has 0 aliphatic heterocycles. The maximum atomic E-state index is 11.6. The molecule has 0 spiro atoms. The molecule has 1 aliphatic carbocycles. The molecular weight excluding hydrogens is 472 g/mol. The summed E-state index contributed by atoms with van der Waals surface area (Å²) in [7, 11) is 0. The molecule has 2 nitrogen and oxygen atoms in total. The van der Waals surface area contributed by atoms with Gasteiger partial charge in [-0.25, -0.2) is 0 Å². The van der Waals surface area contributed by atoms with E-state index in [2.05, 4.69) is 46.8 Å². The molecular formula is C34H54O2S. The molecule has 0 amide bonds. The quantitative estimate of drug-likeness (QED) is 0.141. The highest BCUT2D eigenvalue weighted by Gasteiger charge is 2.13. The molecule has 1 aromatic carbocycles. The Labute approximate surface area is 233 Å². The van der Waals surface area contributed by atoms with E-state index in [1.54, 1.807) is 0 Å². The average Bonchev–Trinajstić information content (AvgIpc) is 2.87. The molecule has 2 rings (SSSR count). The van der Waals surface area contributed by atoms with E-state index in [1.165, 1.54) is 149 Å². The summed E-state index contributed by atoms with van der Waals surface area (Å²) in [5.41, 5.74) is 5.57. The first-order valence-electron chi connectivity index (χ1n) is 15.0. The van der Waals surface area contributed by atoms with Crippen LogP contribution in [0.5, 0.6) is 0 Å². The highest BCUT2D eigenvalue weighted by molar-refractivity contribution is 8.04. The van der Waals surface area contributed by atoms with Crippen LogP contribution >= 0.6 is 11.8 Å². The van der Waals surface area contributed by atoms with Crippen LogP contribution in [-0.4, -0.2) is 17.3 Å². The third-order valence-electron chi connectivity index (χ3n) is 7.28. The Bertz CT molecular complexity index is 799. The van der Waals surface area contributed by atoms with E-state index in [-0.39, 0.29) is 11.6 Å². The van der Waals surface area contributed by atoms with Crippen LogP contribution in [0.2, 0.25) is 0 Å². The van der Waals surface area contributed by atoms with Crippen LogP contribution in [0.15, 0.2) is 35.3 Å². The van der Waals surface area contributed by atoms with E-state index in [1.807, 2.05) is 0 Å². The zero-order chi connectivity index (χ0) is 27.3. The van der Waals surface area contributed by atoms with E-state index < -0.39 is 0 Å². The summed E-state index contributed by atoms with van der Waals surface area (Å²) in [6.45, 7) is 10.9. The van der Waals surface area contributed by atoms with Gasteiger partial charge in [0.25, 0.3) is 0 Å². The van der Waals surface area contributed by atoms with Gasteiger partial charge in [-0.15, -0.1) is 11.8 Å². The summed E-state index contributed by atoms with van der Waals surface area (Å²) >= 11 is 1.54. The van der Waals surface area contributed by atoms with Crippen LogP contribution in [0.1, 0.15) is 132 Å². The topological polar surface area (TPSA) is 34.1 Å². The lowest BCUT2D eigenvalue weighted by molar-refractivity contribution is -0.114. The van der Waals surface area contributed by atoms with Crippen LogP contribution in [0.4, 0.5) is 0 Å². The first kappa shape index (κ1) is 33.4.